The molecule has 0 aromatic heterocycles. The predicted molar refractivity (Wildman–Crippen MR) is 87.8 cm³/mol. The number of amides is 1. The molecule has 1 heterocycles. The summed E-state index contributed by atoms with van der Waals surface area (Å²) in [5.41, 5.74) is 0.278. The van der Waals surface area contributed by atoms with Crippen LogP contribution in [0.2, 0.25) is 0 Å². The number of rotatable bonds is 5. The van der Waals surface area contributed by atoms with Crippen molar-refractivity contribution in [3.63, 3.8) is 0 Å². The van der Waals surface area contributed by atoms with E-state index in [0.29, 0.717) is 24.5 Å². The number of ether oxygens (including phenoxy) is 2. The summed E-state index contributed by atoms with van der Waals surface area (Å²) in [6.45, 7) is 7.02. The molecular formula is C18H25NO4. The summed E-state index contributed by atoms with van der Waals surface area (Å²) in [6, 6.07) is 6.96. The first-order valence-electron chi connectivity index (χ1n) is 7.93. The van der Waals surface area contributed by atoms with Crippen LogP contribution in [-0.4, -0.2) is 48.5 Å². The van der Waals surface area contributed by atoms with E-state index in [-0.39, 0.29) is 36.2 Å². The van der Waals surface area contributed by atoms with Crippen LogP contribution in [0.4, 0.5) is 0 Å². The minimum absolute atomic E-state index is 0.00649. The Morgan fingerprint density at radius 2 is 1.91 bits per heavy atom. The molecule has 126 valence electrons. The molecule has 1 aliphatic heterocycles. The van der Waals surface area contributed by atoms with E-state index >= 15 is 0 Å². The zero-order valence-electron chi connectivity index (χ0n) is 14.3. The lowest BCUT2D eigenvalue weighted by Gasteiger charge is -2.44. The lowest BCUT2D eigenvalue weighted by atomic mass is 9.99. The molecule has 1 atom stereocenters. The van der Waals surface area contributed by atoms with Crippen LogP contribution < -0.4 is 4.74 Å². The third kappa shape index (κ3) is 4.32. The number of ketones is 1. The van der Waals surface area contributed by atoms with Crippen molar-refractivity contribution in [2.45, 2.75) is 45.3 Å². The molecule has 0 bridgehead atoms. The number of methoxy groups -OCH3 is 1. The lowest BCUT2D eigenvalue weighted by molar-refractivity contribution is -0.152. The minimum Gasteiger partial charge on any atom is -0.497 e. The van der Waals surface area contributed by atoms with Crippen molar-refractivity contribution in [2.75, 3.05) is 20.3 Å². The molecule has 1 saturated heterocycles. The first-order valence-corrected chi connectivity index (χ1v) is 7.93. The van der Waals surface area contributed by atoms with Gasteiger partial charge in [0.2, 0.25) is 5.91 Å². The second kappa shape index (κ2) is 7.13. The van der Waals surface area contributed by atoms with E-state index < -0.39 is 0 Å². The highest BCUT2D eigenvalue weighted by Gasteiger charge is 2.36. The largest absolute Gasteiger partial charge is 0.497 e. The van der Waals surface area contributed by atoms with E-state index in [4.69, 9.17) is 9.47 Å². The van der Waals surface area contributed by atoms with Gasteiger partial charge in [0, 0.05) is 24.9 Å². The number of Topliss-reactive ketones (excluding diaryl/α,β-unsaturated/α-hetero) is 1. The number of benzene rings is 1. The highest BCUT2D eigenvalue weighted by atomic mass is 16.5. The lowest BCUT2D eigenvalue weighted by Crippen LogP contribution is -2.57. The Balaban J connectivity index is 1.93. The maximum Gasteiger partial charge on any atom is 0.223 e. The zero-order chi connectivity index (χ0) is 17.0. The van der Waals surface area contributed by atoms with Crippen molar-refractivity contribution < 1.29 is 19.1 Å². The smallest absolute Gasteiger partial charge is 0.223 e. The molecule has 1 aromatic carbocycles. The Morgan fingerprint density at radius 1 is 1.26 bits per heavy atom. The summed E-state index contributed by atoms with van der Waals surface area (Å²) in [5.74, 6) is 0.689. The predicted octanol–water partition coefficient (Wildman–Crippen LogP) is 2.68. The normalized spacial score (nSPS) is 20.2. The molecule has 0 N–H and O–H groups in total. The van der Waals surface area contributed by atoms with Crippen molar-refractivity contribution >= 4 is 11.7 Å². The maximum absolute atomic E-state index is 12.5. The molecule has 1 aromatic rings. The number of morpholine rings is 1. The average Bonchev–Trinajstić information content (AvgIpc) is 2.54. The van der Waals surface area contributed by atoms with E-state index in [1.54, 1.807) is 31.4 Å². The summed E-state index contributed by atoms with van der Waals surface area (Å²) < 4.78 is 10.7. The first-order chi connectivity index (χ1) is 10.8. The van der Waals surface area contributed by atoms with Gasteiger partial charge in [-0.05, 0) is 45.0 Å². The summed E-state index contributed by atoms with van der Waals surface area (Å²) >= 11 is 0. The molecule has 1 unspecified atom stereocenters. The van der Waals surface area contributed by atoms with Crippen molar-refractivity contribution in [1.29, 1.82) is 0 Å². The van der Waals surface area contributed by atoms with E-state index in [0.717, 1.165) is 0 Å². The highest BCUT2D eigenvalue weighted by molar-refractivity contribution is 5.98. The van der Waals surface area contributed by atoms with E-state index in [2.05, 4.69) is 0 Å². The molecule has 5 heteroatoms. The standard InChI is InChI=1S/C18H25NO4/c1-13-11-19(18(2,3)12-23-13)17(21)10-9-16(20)14-5-7-15(22-4)8-6-14/h5-8,13H,9-12H2,1-4H3. The average molecular weight is 319 g/mol. The third-order valence-corrected chi connectivity index (χ3v) is 4.17. The molecule has 2 rings (SSSR count). The Labute approximate surface area is 137 Å². The number of nitrogens with zero attached hydrogens (tertiary/aromatic N) is 1. The number of carbonyl (C=O) groups is 2. The molecule has 1 fully saturated rings. The van der Waals surface area contributed by atoms with Gasteiger partial charge in [-0.25, -0.2) is 0 Å². The Hall–Kier alpha value is -1.88. The van der Waals surface area contributed by atoms with Crippen molar-refractivity contribution in [1.82, 2.24) is 4.90 Å². The van der Waals surface area contributed by atoms with Gasteiger partial charge in [-0.3, -0.25) is 9.59 Å². The summed E-state index contributed by atoms with van der Waals surface area (Å²) in [7, 11) is 1.58. The van der Waals surface area contributed by atoms with E-state index in [9.17, 15) is 9.59 Å². The SMILES string of the molecule is COc1ccc(C(=O)CCC(=O)N2CC(C)OCC2(C)C)cc1. The van der Waals surface area contributed by atoms with Crippen LogP contribution in [-0.2, 0) is 9.53 Å². The van der Waals surface area contributed by atoms with Crippen LogP contribution in [0.1, 0.15) is 44.0 Å². The van der Waals surface area contributed by atoms with Crippen LogP contribution in [0, 0.1) is 0 Å². The number of hydrogen-bond acceptors (Lipinski definition) is 4. The molecule has 0 saturated carbocycles. The first kappa shape index (κ1) is 17.5. The fourth-order valence-corrected chi connectivity index (χ4v) is 2.70. The van der Waals surface area contributed by atoms with Gasteiger partial charge in [0.1, 0.15) is 5.75 Å². The minimum atomic E-state index is -0.327. The monoisotopic (exact) mass is 319 g/mol. The van der Waals surface area contributed by atoms with Gasteiger partial charge in [-0.1, -0.05) is 0 Å². The van der Waals surface area contributed by atoms with Gasteiger partial charge in [-0.2, -0.15) is 0 Å². The van der Waals surface area contributed by atoms with E-state index in [1.807, 2.05) is 25.7 Å². The second-order valence-electron chi connectivity index (χ2n) is 6.59. The van der Waals surface area contributed by atoms with Crippen molar-refractivity contribution in [3.05, 3.63) is 29.8 Å². The van der Waals surface area contributed by atoms with Gasteiger partial charge >= 0.3 is 0 Å². The van der Waals surface area contributed by atoms with Gasteiger partial charge in [0.05, 0.1) is 25.4 Å². The van der Waals surface area contributed by atoms with Gasteiger partial charge < -0.3 is 14.4 Å². The fraction of sp³-hybridized carbons (Fsp3) is 0.556. The van der Waals surface area contributed by atoms with E-state index in [1.165, 1.54) is 0 Å². The topological polar surface area (TPSA) is 55.8 Å². The molecule has 23 heavy (non-hydrogen) atoms. The number of carbonyl (C=O) groups excluding carboxylic acids is 2. The van der Waals surface area contributed by atoms with Crippen LogP contribution in [0.25, 0.3) is 0 Å². The van der Waals surface area contributed by atoms with Gasteiger partial charge in [-0.15, -0.1) is 0 Å². The molecule has 0 aliphatic carbocycles. The molecule has 1 aliphatic rings. The summed E-state index contributed by atoms with van der Waals surface area (Å²) in [6.07, 6.45) is 0.470. The van der Waals surface area contributed by atoms with Crippen molar-refractivity contribution in [2.24, 2.45) is 0 Å². The third-order valence-electron chi connectivity index (χ3n) is 4.17. The van der Waals surface area contributed by atoms with Crippen molar-refractivity contribution in [3.8, 4) is 5.75 Å². The Morgan fingerprint density at radius 3 is 2.52 bits per heavy atom. The zero-order valence-corrected chi connectivity index (χ0v) is 14.3. The van der Waals surface area contributed by atoms with Crippen LogP contribution in [0.5, 0.6) is 5.75 Å². The molecule has 1 amide bonds. The summed E-state index contributed by atoms with van der Waals surface area (Å²) in [5, 5.41) is 0. The van der Waals surface area contributed by atoms with Crippen LogP contribution in [0.15, 0.2) is 24.3 Å². The molecule has 5 nitrogen and oxygen atoms in total. The highest BCUT2D eigenvalue weighted by Crippen LogP contribution is 2.23. The Kier molecular flexibility index (Phi) is 5.42. The maximum atomic E-state index is 12.5. The van der Waals surface area contributed by atoms with Gasteiger partial charge in [0.25, 0.3) is 0 Å². The number of hydrogen-bond donors (Lipinski definition) is 0. The molecular weight excluding hydrogens is 294 g/mol. The molecule has 0 spiro atoms. The second-order valence-corrected chi connectivity index (χ2v) is 6.59. The summed E-state index contributed by atoms with van der Waals surface area (Å²) in [4.78, 5) is 26.6. The van der Waals surface area contributed by atoms with Crippen LogP contribution in [0.3, 0.4) is 0 Å². The molecule has 0 radical (unpaired) electrons. The quantitative estimate of drug-likeness (QED) is 0.783. The van der Waals surface area contributed by atoms with Gasteiger partial charge in [0.15, 0.2) is 5.78 Å². The fourth-order valence-electron chi connectivity index (χ4n) is 2.70. The Bertz CT molecular complexity index is 565. The van der Waals surface area contributed by atoms with Crippen LogP contribution >= 0.6 is 0 Å².